The molecule has 0 amide bonds. The number of hydrogen-bond acceptors (Lipinski definition) is 4. The summed E-state index contributed by atoms with van der Waals surface area (Å²) in [7, 11) is 0. The molecule has 1 aliphatic heterocycles. The van der Waals surface area contributed by atoms with Crippen LogP contribution in [0.2, 0.25) is 5.02 Å². The van der Waals surface area contributed by atoms with Crippen LogP contribution in [0.5, 0.6) is 11.5 Å². The lowest BCUT2D eigenvalue weighted by molar-refractivity contribution is -0.138. The van der Waals surface area contributed by atoms with Gasteiger partial charge in [0.15, 0.2) is 11.5 Å². The van der Waals surface area contributed by atoms with E-state index in [2.05, 4.69) is 0 Å². The van der Waals surface area contributed by atoms with E-state index in [1.165, 1.54) is 6.07 Å². The summed E-state index contributed by atoms with van der Waals surface area (Å²) in [5.41, 5.74) is 6.54. The number of aliphatic carboxylic acids is 1. The molecule has 0 bridgehead atoms. The largest absolute Gasteiger partial charge is 0.486 e. The predicted octanol–water partition coefficient (Wildman–Crippen LogP) is 1.50. The molecule has 1 atom stereocenters. The molecule has 0 fully saturated rings. The van der Waals surface area contributed by atoms with Gasteiger partial charge in [0.2, 0.25) is 0 Å². The van der Waals surface area contributed by atoms with Crippen LogP contribution in [-0.2, 0) is 4.79 Å². The monoisotopic (exact) mass is 257 g/mol. The van der Waals surface area contributed by atoms with Gasteiger partial charge in [0.25, 0.3) is 0 Å². The molecule has 2 rings (SSSR count). The van der Waals surface area contributed by atoms with Gasteiger partial charge < -0.3 is 20.3 Å². The zero-order valence-corrected chi connectivity index (χ0v) is 9.95. The molecular weight excluding hydrogens is 246 g/mol. The van der Waals surface area contributed by atoms with Crippen LogP contribution in [0.4, 0.5) is 0 Å². The van der Waals surface area contributed by atoms with Crippen molar-refractivity contribution in [1.82, 2.24) is 0 Å². The van der Waals surface area contributed by atoms with E-state index in [0.717, 1.165) is 0 Å². The van der Waals surface area contributed by atoms with Crippen LogP contribution in [0.3, 0.4) is 0 Å². The number of carboxylic acids is 1. The van der Waals surface area contributed by atoms with E-state index in [0.29, 0.717) is 40.9 Å². The molecule has 6 heteroatoms. The molecule has 0 aliphatic carbocycles. The van der Waals surface area contributed by atoms with Gasteiger partial charge in [0, 0.05) is 11.1 Å². The molecule has 1 aromatic rings. The first-order valence-corrected chi connectivity index (χ1v) is 5.47. The quantitative estimate of drug-likeness (QED) is 0.839. The molecule has 0 saturated heterocycles. The first kappa shape index (κ1) is 12.0. The number of benzene rings is 1. The van der Waals surface area contributed by atoms with Crippen LogP contribution in [0.15, 0.2) is 6.07 Å². The first-order chi connectivity index (χ1) is 8.02. The average Bonchev–Trinajstić information content (AvgIpc) is 2.33. The summed E-state index contributed by atoms with van der Waals surface area (Å²) in [6, 6.07) is 0.361. The van der Waals surface area contributed by atoms with Gasteiger partial charge in [-0.1, -0.05) is 11.6 Å². The van der Waals surface area contributed by atoms with E-state index >= 15 is 0 Å². The maximum atomic E-state index is 10.9. The number of halogens is 1. The molecule has 0 aromatic heterocycles. The zero-order chi connectivity index (χ0) is 12.6. The third-order valence-electron chi connectivity index (χ3n) is 2.62. The molecule has 0 radical (unpaired) electrons. The Bertz CT molecular complexity index is 475. The Morgan fingerprint density at radius 1 is 1.53 bits per heavy atom. The third kappa shape index (κ3) is 2.03. The highest BCUT2D eigenvalue weighted by atomic mass is 35.5. The Labute approximate surface area is 103 Å². The molecule has 1 aliphatic rings. The molecule has 5 nitrogen and oxygen atoms in total. The molecule has 1 unspecified atom stereocenters. The average molecular weight is 258 g/mol. The first-order valence-electron chi connectivity index (χ1n) is 5.09. The minimum atomic E-state index is -1.17. The summed E-state index contributed by atoms with van der Waals surface area (Å²) in [5.74, 6) is -0.0876. The highest BCUT2D eigenvalue weighted by molar-refractivity contribution is 6.32. The minimum absolute atomic E-state index is 0.309. The molecule has 17 heavy (non-hydrogen) atoms. The van der Waals surface area contributed by atoms with E-state index in [1.54, 1.807) is 6.92 Å². The van der Waals surface area contributed by atoms with E-state index in [4.69, 9.17) is 31.9 Å². The zero-order valence-electron chi connectivity index (χ0n) is 9.20. The Hall–Kier alpha value is -1.46. The molecule has 1 aromatic carbocycles. The molecule has 3 N–H and O–H groups in total. The second kappa shape index (κ2) is 4.43. The number of carboxylic acid groups (broad SMARTS) is 1. The third-order valence-corrected chi connectivity index (χ3v) is 3.12. The summed E-state index contributed by atoms with van der Waals surface area (Å²) < 4.78 is 10.8. The van der Waals surface area contributed by atoms with Gasteiger partial charge in [-0.15, -0.1) is 0 Å². The van der Waals surface area contributed by atoms with Crippen LogP contribution in [0.1, 0.15) is 17.2 Å². The second-order valence-corrected chi connectivity index (χ2v) is 4.12. The Morgan fingerprint density at radius 3 is 2.82 bits per heavy atom. The van der Waals surface area contributed by atoms with Gasteiger partial charge in [-0.2, -0.15) is 0 Å². The predicted molar refractivity (Wildman–Crippen MR) is 61.7 cm³/mol. The number of carbonyl (C=O) groups is 1. The molecule has 0 spiro atoms. The lowest BCUT2D eigenvalue weighted by atomic mass is 10.0. The van der Waals surface area contributed by atoms with Crippen molar-refractivity contribution in [2.24, 2.45) is 5.73 Å². The second-order valence-electron chi connectivity index (χ2n) is 3.74. The maximum absolute atomic E-state index is 10.9. The van der Waals surface area contributed by atoms with Crippen molar-refractivity contribution in [3.63, 3.8) is 0 Å². The SMILES string of the molecule is Cc1c(Cl)c(C(N)C(=O)O)cc2c1OCCO2. The number of nitrogens with two attached hydrogens (primary N) is 1. The summed E-state index contributed by atoms with van der Waals surface area (Å²) in [6.07, 6.45) is 0. The highest BCUT2D eigenvalue weighted by Gasteiger charge is 2.25. The molecule has 0 saturated carbocycles. The number of rotatable bonds is 2. The van der Waals surface area contributed by atoms with E-state index in [9.17, 15) is 4.79 Å². The lowest BCUT2D eigenvalue weighted by Crippen LogP contribution is -2.23. The van der Waals surface area contributed by atoms with Crippen molar-refractivity contribution in [2.45, 2.75) is 13.0 Å². The van der Waals surface area contributed by atoms with Gasteiger partial charge in [0.05, 0.1) is 5.02 Å². The van der Waals surface area contributed by atoms with Gasteiger partial charge in [-0.25, -0.2) is 0 Å². The van der Waals surface area contributed by atoms with Gasteiger partial charge >= 0.3 is 5.97 Å². The highest BCUT2D eigenvalue weighted by Crippen LogP contribution is 2.41. The topological polar surface area (TPSA) is 81.8 Å². The van der Waals surface area contributed by atoms with E-state index in [-0.39, 0.29) is 0 Å². The van der Waals surface area contributed by atoms with Crippen molar-refractivity contribution in [2.75, 3.05) is 13.2 Å². The van der Waals surface area contributed by atoms with Crippen LogP contribution in [-0.4, -0.2) is 24.3 Å². The maximum Gasteiger partial charge on any atom is 0.325 e. The van der Waals surface area contributed by atoms with Crippen molar-refractivity contribution in [3.8, 4) is 11.5 Å². The van der Waals surface area contributed by atoms with E-state index < -0.39 is 12.0 Å². The van der Waals surface area contributed by atoms with Crippen molar-refractivity contribution >= 4 is 17.6 Å². The van der Waals surface area contributed by atoms with Gasteiger partial charge in [-0.3, -0.25) is 4.79 Å². The Kier molecular flexibility index (Phi) is 3.13. The summed E-state index contributed by atoms with van der Waals surface area (Å²) >= 11 is 6.09. The van der Waals surface area contributed by atoms with Crippen LogP contribution >= 0.6 is 11.6 Å². The van der Waals surface area contributed by atoms with Crippen molar-refractivity contribution < 1.29 is 19.4 Å². The van der Waals surface area contributed by atoms with Crippen LogP contribution in [0.25, 0.3) is 0 Å². The van der Waals surface area contributed by atoms with E-state index in [1.807, 2.05) is 0 Å². The Morgan fingerprint density at radius 2 is 2.18 bits per heavy atom. The fraction of sp³-hybridized carbons (Fsp3) is 0.364. The molecular formula is C11H12ClNO4. The number of hydrogen-bond donors (Lipinski definition) is 2. The standard InChI is InChI=1S/C11H12ClNO4/c1-5-8(12)6(9(13)11(14)15)4-7-10(5)17-3-2-16-7/h4,9H,2-3,13H2,1H3,(H,14,15). The smallest absolute Gasteiger partial charge is 0.325 e. The van der Waals surface area contributed by atoms with Crippen LogP contribution in [0, 0.1) is 6.92 Å². The van der Waals surface area contributed by atoms with Gasteiger partial charge in [-0.05, 0) is 13.0 Å². The number of fused-ring (bicyclic) bond motifs is 1. The van der Waals surface area contributed by atoms with Gasteiger partial charge in [0.1, 0.15) is 19.3 Å². The minimum Gasteiger partial charge on any atom is -0.486 e. The molecule has 1 heterocycles. The summed E-state index contributed by atoms with van der Waals surface area (Å²) in [5, 5.41) is 9.21. The van der Waals surface area contributed by atoms with Crippen molar-refractivity contribution in [3.05, 3.63) is 22.2 Å². The van der Waals surface area contributed by atoms with Crippen LogP contribution < -0.4 is 15.2 Å². The summed E-state index contributed by atoms with van der Waals surface area (Å²) in [4.78, 5) is 10.9. The fourth-order valence-corrected chi connectivity index (χ4v) is 1.97. The normalized spacial score (nSPS) is 15.5. The summed E-state index contributed by atoms with van der Waals surface area (Å²) in [6.45, 7) is 2.62. The fourth-order valence-electron chi connectivity index (χ4n) is 1.71. The number of ether oxygens (including phenoxy) is 2. The molecule has 92 valence electrons. The van der Waals surface area contributed by atoms with Crippen molar-refractivity contribution in [1.29, 1.82) is 0 Å². The lowest BCUT2D eigenvalue weighted by Gasteiger charge is -2.23. The Balaban J connectivity index is 2.55.